The number of aromatic nitrogens is 2. The Labute approximate surface area is 130 Å². The lowest BCUT2D eigenvalue weighted by atomic mass is 10.2. The van der Waals surface area contributed by atoms with E-state index in [1.807, 2.05) is 6.07 Å². The molecule has 0 bridgehead atoms. The minimum Gasteiger partial charge on any atom is -0.382 e. The number of hydrogen-bond acceptors (Lipinski definition) is 4. The molecule has 3 aromatic rings. The number of nitrogens with two attached hydrogens (primary N) is 1. The number of hydrogen-bond donors (Lipinski definition) is 2. The number of nitriles is 1. The minimum atomic E-state index is -0.480. The first-order chi connectivity index (χ1) is 11.1. The molecule has 0 saturated heterocycles. The summed E-state index contributed by atoms with van der Waals surface area (Å²) in [5.41, 5.74) is 6.67. The van der Waals surface area contributed by atoms with Crippen LogP contribution in [0, 0.1) is 23.0 Å². The average Bonchev–Trinajstić information content (AvgIpc) is 2.86. The van der Waals surface area contributed by atoms with Crippen molar-refractivity contribution < 1.29 is 8.78 Å². The second-order valence-electron chi connectivity index (χ2n) is 4.71. The molecule has 0 aliphatic heterocycles. The smallest absolute Gasteiger partial charge is 0.173 e. The van der Waals surface area contributed by atoms with Crippen LogP contribution >= 0.6 is 0 Å². The Hall–Kier alpha value is -3.40. The van der Waals surface area contributed by atoms with E-state index in [4.69, 9.17) is 5.73 Å². The van der Waals surface area contributed by atoms with Crippen molar-refractivity contribution in [3.8, 4) is 11.8 Å². The van der Waals surface area contributed by atoms with E-state index in [2.05, 4.69) is 10.4 Å². The molecule has 0 atom stereocenters. The van der Waals surface area contributed by atoms with Gasteiger partial charge in [-0.2, -0.15) is 5.26 Å². The molecule has 7 heteroatoms. The van der Waals surface area contributed by atoms with E-state index < -0.39 is 11.6 Å². The van der Waals surface area contributed by atoms with Crippen molar-refractivity contribution in [2.45, 2.75) is 0 Å². The van der Waals surface area contributed by atoms with Crippen LogP contribution in [0.3, 0.4) is 0 Å². The number of para-hydroxylation sites is 1. The molecule has 1 aromatic heterocycles. The van der Waals surface area contributed by atoms with Gasteiger partial charge in [-0.15, -0.1) is 5.10 Å². The molecule has 0 aliphatic carbocycles. The quantitative estimate of drug-likeness (QED) is 0.777. The Kier molecular flexibility index (Phi) is 3.65. The van der Waals surface area contributed by atoms with Gasteiger partial charge in [0, 0.05) is 0 Å². The van der Waals surface area contributed by atoms with Crippen LogP contribution in [0.2, 0.25) is 0 Å². The Bertz CT molecular complexity index is 894. The van der Waals surface area contributed by atoms with Crippen molar-refractivity contribution >= 4 is 17.3 Å². The van der Waals surface area contributed by atoms with Crippen LogP contribution in [0.1, 0.15) is 5.56 Å². The van der Waals surface area contributed by atoms with Gasteiger partial charge in [-0.3, -0.25) is 0 Å². The molecule has 0 fully saturated rings. The summed E-state index contributed by atoms with van der Waals surface area (Å²) in [4.78, 5) is 0. The molecule has 0 aliphatic rings. The van der Waals surface area contributed by atoms with Crippen LogP contribution in [0.25, 0.3) is 5.69 Å². The SMILES string of the molecule is N#Cc1c(Nc2ccccc2F)nn(-c2ccc(F)cc2)c1N. The lowest BCUT2D eigenvalue weighted by Gasteiger charge is -2.04. The van der Waals surface area contributed by atoms with E-state index in [0.29, 0.717) is 5.69 Å². The lowest BCUT2D eigenvalue weighted by molar-refractivity contribution is 0.627. The summed E-state index contributed by atoms with van der Waals surface area (Å²) < 4.78 is 28.0. The minimum absolute atomic E-state index is 0.0811. The fourth-order valence-corrected chi connectivity index (χ4v) is 2.10. The number of nitrogens with zero attached hydrogens (tertiary/aromatic N) is 3. The summed E-state index contributed by atoms with van der Waals surface area (Å²) in [6, 6.07) is 13.4. The fourth-order valence-electron chi connectivity index (χ4n) is 2.10. The molecule has 3 rings (SSSR count). The monoisotopic (exact) mass is 311 g/mol. The van der Waals surface area contributed by atoms with E-state index in [0.717, 1.165) is 0 Å². The van der Waals surface area contributed by atoms with Crippen LogP contribution in [-0.2, 0) is 0 Å². The van der Waals surface area contributed by atoms with Crippen LogP contribution in [0.5, 0.6) is 0 Å². The third kappa shape index (κ3) is 2.70. The molecule has 0 unspecified atom stereocenters. The van der Waals surface area contributed by atoms with Gasteiger partial charge in [0.1, 0.15) is 29.1 Å². The van der Waals surface area contributed by atoms with E-state index in [1.54, 1.807) is 12.1 Å². The highest BCUT2D eigenvalue weighted by molar-refractivity contribution is 5.71. The second-order valence-corrected chi connectivity index (χ2v) is 4.71. The number of nitrogen functional groups attached to an aromatic ring is 1. The summed E-state index contributed by atoms with van der Waals surface area (Å²) in [5, 5.41) is 16.2. The van der Waals surface area contributed by atoms with Gasteiger partial charge in [-0.25, -0.2) is 13.5 Å². The van der Waals surface area contributed by atoms with Gasteiger partial charge in [0.2, 0.25) is 0 Å². The molecular weight excluding hydrogens is 300 g/mol. The highest BCUT2D eigenvalue weighted by atomic mass is 19.1. The van der Waals surface area contributed by atoms with Gasteiger partial charge in [-0.1, -0.05) is 12.1 Å². The first-order valence-corrected chi connectivity index (χ1v) is 6.66. The zero-order chi connectivity index (χ0) is 16.4. The highest BCUT2D eigenvalue weighted by Crippen LogP contribution is 2.27. The number of nitrogens with one attached hydrogen (secondary N) is 1. The van der Waals surface area contributed by atoms with Gasteiger partial charge in [0.15, 0.2) is 5.82 Å². The molecule has 0 radical (unpaired) electrons. The summed E-state index contributed by atoms with van der Waals surface area (Å²) in [6.07, 6.45) is 0. The normalized spacial score (nSPS) is 10.3. The first kappa shape index (κ1) is 14.5. The second kappa shape index (κ2) is 5.77. The van der Waals surface area contributed by atoms with E-state index in [-0.39, 0.29) is 22.9 Å². The molecule has 5 nitrogen and oxygen atoms in total. The predicted octanol–water partition coefficient (Wildman–Crippen LogP) is 3.35. The van der Waals surface area contributed by atoms with Crippen molar-refractivity contribution in [3.05, 3.63) is 65.7 Å². The van der Waals surface area contributed by atoms with Crippen molar-refractivity contribution in [1.29, 1.82) is 5.26 Å². The predicted molar refractivity (Wildman–Crippen MR) is 82.3 cm³/mol. The molecule has 23 heavy (non-hydrogen) atoms. The zero-order valence-corrected chi connectivity index (χ0v) is 11.8. The molecular formula is C16H11F2N5. The average molecular weight is 311 g/mol. The van der Waals surface area contributed by atoms with Crippen LogP contribution in [-0.4, -0.2) is 9.78 Å². The summed E-state index contributed by atoms with van der Waals surface area (Å²) in [5.74, 6) is -0.673. The number of benzene rings is 2. The summed E-state index contributed by atoms with van der Waals surface area (Å²) >= 11 is 0. The molecule has 1 heterocycles. The summed E-state index contributed by atoms with van der Waals surface area (Å²) in [7, 11) is 0. The van der Waals surface area contributed by atoms with Gasteiger partial charge in [-0.05, 0) is 36.4 Å². The summed E-state index contributed by atoms with van der Waals surface area (Å²) in [6.45, 7) is 0. The van der Waals surface area contributed by atoms with E-state index >= 15 is 0 Å². The molecule has 0 spiro atoms. The third-order valence-electron chi connectivity index (χ3n) is 3.23. The van der Waals surface area contributed by atoms with Crippen molar-refractivity contribution in [3.63, 3.8) is 0 Å². The van der Waals surface area contributed by atoms with Crippen molar-refractivity contribution in [1.82, 2.24) is 9.78 Å². The van der Waals surface area contributed by atoms with E-state index in [9.17, 15) is 14.0 Å². The van der Waals surface area contributed by atoms with Gasteiger partial charge in [0.05, 0.1) is 11.4 Å². The largest absolute Gasteiger partial charge is 0.382 e. The van der Waals surface area contributed by atoms with Crippen molar-refractivity contribution in [2.75, 3.05) is 11.1 Å². The standard InChI is InChI=1S/C16H11F2N5/c17-10-5-7-11(8-6-10)23-15(20)12(9-19)16(22-23)21-14-4-2-1-3-13(14)18/h1-8H,20H2,(H,21,22). The molecule has 3 N–H and O–H groups in total. The highest BCUT2D eigenvalue weighted by Gasteiger charge is 2.17. The van der Waals surface area contributed by atoms with Crippen LogP contribution in [0.4, 0.5) is 26.1 Å². The Morgan fingerprint density at radius 3 is 2.43 bits per heavy atom. The van der Waals surface area contributed by atoms with E-state index in [1.165, 1.54) is 41.1 Å². The first-order valence-electron chi connectivity index (χ1n) is 6.66. The maximum Gasteiger partial charge on any atom is 0.173 e. The Balaban J connectivity index is 2.05. The maximum absolute atomic E-state index is 13.7. The molecule has 114 valence electrons. The van der Waals surface area contributed by atoms with Crippen LogP contribution in [0.15, 0.2) is 48.5 Å². The molecule has 0 amide bonds. The molecule has 0 saturated carbocycles. The topological polar surface area (TPSA) is 79.7 Å². The van der Waals surface area contributed by atoms with Gasteiger partial charge >= 0.3 is 0 Å². The molecule has 2 aromatic carbocycles. The Morgan fingerprint density at radius 1 is 1.09 bits per heavy atom. The number of anilines is 3. The zero-order valence-electron chi connectivity index (χ0n) is 11.8. The van der Waals surface area contributed by atoms with Crippen LogP contribution < -0.4 is 11.1 Å². The number of rotatable bonds is 3. The Morgan fingerprint density at radius 2 is 1.78 bits per heavy atom. The van der Waals surface area contributed by atoms with Gasteiger partial charge in [0.25, 0.3) is 0 Å². The third-order valence-corrected chi connectivity index (χ3v) is 3.23. The van der Waals surface area contributed by atoms with Gasteiger partial charge < -0.3 is 11.1 Å². The number of halogens is 2. The maximum atomic E-state index is 13.7. The van der Waals surface area contributed by atoms with Crippen molar-refractivity contribution in [2.24, 2.45) is 0 Å². The fraction of sp³-hybridized carbons (Fsp3) is 0. The lowest BCUT2D eigenvalue weighted by Crippen LogP contribution is -2.02.